The predicted octanol–water partition coefficient (Wildman–Crippen LogP) is 1.39. The number of fused-ring (bicyclic) bond motifs is 2. The number of morpholine rings is 1. The summed E-state index contributed by atoms with van der Waals surface area (Å²) in [6.45, 7) is 1.68. The van der Waals surface area contributed by atoms with Crippen LogP contribution >= 0.6 is 0 Å². The van der Waals surface area contributed by atoms with Gasteiger partial charge >= 0.3 is 0 Å². The molecule has 0 radical (unpaired) electrons. The van der Waals surface area contributed by atoms with Gasteiger partial charge in [0.15, 0.2) is 11.5 Å². The van der Waals surface area contributed by atoms with Gasteiger partial charge < -0.3 is 10.1 Å². The van der Waals surface area contributed by atoms with Gasteiger partial charge in [-0.05, 0) is 43.5 Å². The van der Waals surface area contributed by atoms with E-state index in [4.69, 9.17) is 14.8 Å². The van der Waals surface area contributed by atoms with Crippen molar-refractivity contribution in [2.24, 2.45) is 0 Å². The molecule has 1 saturated carbocycles. The summed E-state index contributed by atoms with van der Waals surface area (Å²) in [5, 5.41) is 21.0. The van der Waals surface area contributed by atoms with Gasteiger partial charge in [0.05, 0.1) is 12.7 Å². The third-order valence-electron chi connectivity index (χ3n) is 5.88. The molecule has 0 bridgehead atoms. The van der Waals surface area contributed by atoms with Crippen LogP contribution in [0.4, 0.5) is 0 Å². The summed E-state index contributed by atoms with van der Waals surface area (Å²) >= 11 is 0. The molecule has 1 N–H and O–H groups in total. The maximum atomic E-state index is 5.95. The molecule has 4 aromatic heterocycles. The molecule has 6 rings (SSSR count). The van der Waals surface area contributed by atoms with Crippen LogP contribution in [0.15, 0.2) is 42.9 Å². The first-order chi connectivity index (χ1) is 14.8. The molecule has 10 heteroatoms. The van der Waals surface area contributed by atoms with Gasteiger partial charge in [-0.1, -0.05) is 6.07 Å². The fraction of sp³-hybridized carbons (Fsp3) is 0.400. The highest BCUT2D eigenvalue weighted by Crippen LogP contribution is 2.35. The summed E-state index contributed by atoms with van der Waals surface area (Å²) in [7, 11) is 0. The van der Waals surface area contributed by atoms with E-state index in [0.29, 0.717) is 23.3 Å². The second-order valence-electron chi connectivity index (χ2n) is 7.73. The highest BCUT2D eigenvalue weighted by atomic mass is 16.5. The molecule has 152 valence electrons. The maximum Gasteiger partial charge on any atom is 0.200 e. The quantitative estimate of drug-likeness (QED) is 0.547. The van der Waals surface area contributed by atoms with Crippen LogP contribution in [-0.4, -0.2) is 64.9 Å². The molecule has 0 unspecified atom stereocenters. The summed E-state index contributed by atoms with van der Waals surface area (Å²) in [4.78, 5) is 9.36. The predicted molar refractivity (Wildman–Crippen MR) is 107 cm³/mol. The van der Waals surface area contributed by atoms with Gasteiger partial charge in [0.1, 0.15) is 17.8 Å². The number of ether oxygens (including phenoxy) is 1. The summed E-state index contributed by atoms with van der Waals surface area (Å²) < 4.78 is 9.44. The van der Waals surface area contributed by atoms with Crippen molar-refractivity contribution in [3.05, 3.63) is 48.7 Å². The first-order valence-corrected chi connectivity index (χ1v) is 10.3. The molecule has 1 aliphatic heterocycles. The van der Waals surface area contributed by atoms with E-state index in [9.17, 15) is 0 Å². The first kappa shape index (κ1) is 17.6. The van der Waals surface area contributed by atoms with Crippen LogP contribution in [0.3, 0.4) is 0 Å². The third kappa shape index (κ3) is 3.04. The summed E-state index contributed by atoms with van der Waals surface area (Å²) in [6, 6.07) is 9.88. The Morgan fingerprint density at radius 1 is 1.10 bits per heavy atom. The molecule has 10 nitrogen and oxygen atoms in total. The summed E-state index contributed by atoms with van der Waals surface area (Å²) in [5.74, 6) is 2.44. The zero-order chi connectivity index (χ0) is 19.9. The van der Waals surface area contributed by atoms with Crippen molar-refractivity contribution in [1.82, 2.24) is 44.9 Å². The maximum absolute atomic E-state index is 5.95. The molecule has 2 aliphatic rings. The highest BCUT2D eigenvalue weighted by Gasteiger charge is 2.36. The minimum absolute atomic E-state index is 0.254. The number of hydrogen-bond acceptors (Lipinski definition) is 8. The molecule has 1 aliphatic carbocycles. The topological polar surface area (TPSA) is 108 Å². The fourth-order valence-electron chi connectivity index (χ4n) is 4.44. The first-order valence-electron chi connectivity index (χ1n) is 10.3. The lowest BCUT2D eigenvalue weighted by molar-refractivity contribution is -0.0281. The number of aromatic nitrogens is 8. The van der Waals surface area contributed by atoms with Crippen LogP contribution in [0, 0.1) is 0 Å². The van der Waals surface area contributed by atoms with Crippen molar-refractivity contribution >= 4 is 5.65 Å². The second-order valence-corrected chi connectivity index (χ2v) is 7.73. The van der Waals surface area contributed by atoms with Gasteiger partial charge in [0.25, 0.3) is 0 Å². The van der Waals surface area contributed by atoms with Crippen molar-refractivity contribution in [3.63, 3.8) is 0 Å². The minimum atomic E-state index is 0.254. The lowest BCUT2D eigenvalue weighted by atomic mass is 9.82. The number of nitrogens with zero attached hydrogens (tertiary/aromatic N) is 8. The molecule has 3 atom stereocenters. The van der Waals surface area contributed by atoms with Gasteiger partial charge in [0.2, 0.25) is 5.82 Å². The second kappa shape index (κ2) is 7.22. The number of pyridine rings is 1. The molecule has 0 spiro atoms. The van der Waals surface area contributed by atoms with E-state index in [1.807, 2.05) is 35.0 Å². The van der Waals surface area contributed by atoms with Crippen LogP contribution in [0.2, 0.25) is 0 Å². The zero-order valence-electron chi connectivity index (χ0n) is 16.3. The van der Waals surface area contributed by atoms with Crippen molar-refractivity contribution < 1.29 is 4.74 Å². The van der Waals surface area contributed by atoms with Gasteiger partial charge in [-0.3, -0.25) is 4.98 Å². The summed E-state index contributed by atoms with van der Waals surface area (Å²) in [5.41, 5.74) is 1.44. The fourth-order valence-corrected chi connectivity index (χ4v) is 4.44. The Morgan fingerprint density at radius 3 is 3.03 bits per heavy atom. The Labute approximate surface area is 172 Å². The molecular weight excluding hydrogens is 382 g/mol. The third-order valence-corrected chi connectivity index (χ3v) is 5.88. The lowest BCUT2D eigenvalue weighted by Gasteiger charge is -2.39. The largest absolute Gasteiger partial charge is 0.375 e. The van der Waals surface area contributed by atoms with Gasteiger partial charge in [-0.15, -0.1) is 20.4 Å². The van der Waals surface area contributed by atoms with E-state index in [2.05, 4.69) is 25.6 Å². The SMILES string of the molecule is c1ccc(-c2nc([C@H]3CC[C@H]4OCCN[C@@H]4C3)n(-c3ccc4nncn4n3)n2)nc1. The molecule has 0 amide bonds. The molecular formula is C20H21N9O. The molecule has 4 aromatic rings. The van der Waals surface area contributed by atoms with E-state index in [-0.39, 0.29) is 12.0 Å². The number of hydrogen-bond donors (Lipinski definition) is 1. The molecule has 30 heavy (non-hydrogen) atoms. The Hall–Kier alpha value is -3.24. The van der Waals surface area contributed by atoms with E-state index >= 15 is 0 Å². The minimum Gasteiger partial charge on any atom is -0.375 e. The molecule has 2 fully saturated rings. The van der Waals surface area contributed by atoms with Gasteiger partial charge in [-0.2, -0.15) is 9.20 Å². The lowest BCUT2D eigenvalue weighted by Crippen LogP contribution is -2.51. The average Bonchev–Trinajstić information content (AvgIpc) is 3.46. The van der Waals surface area contributed by atoms with Crippen LogP contribution in [0.25, 0.3) is 23.0 Å². The van der Waals surface area contributed by atoms with Gasteiger partial charge in [0, 0.05) is 24.7 Å². The van der Waals surface area contributed by atoms with Crippen molar-refractivity contribution in [3.8, 4) is 17.3 Å². The molecule has 5 heterocycles. The Bertz CT molecular complexity index is 1170. The van der Waals surface area contributed by atoms with E-state index < -0.39 is 0 Å². The molecule has 0 aromatic carbocycles. The van der Waals surface area contributed by atoms with E-state index in [0.717, 1.165) is 43.9 Å². The molecule has 1 saturated heterocycles. The van der Waals surface area contributed by atoms with Crippen molar-refractivity contribution in [2.45, 2.75) is 37.3 Å². The number of nitrogens with one attached hydrogen (secondary N) is 1. The van der Waals surface area contributed by atoms with E-state index in [1.165, 1.54) is 0 Å². The number of rotatable bonds is 3. The monoisotopic (exact) mass is 403 g/mol. The Morgan fingerprint density at radius 2 is 2.10 bits per heavy atom. The van der Waals surface area contributed by atoms with Crippen LogP contribution < -0.4 is 5.32 Å². The standard InChI is InChI=1S/C20H21N9O/c1-2-8-21-14(3-1)19-24-20(13-4-5-16-15(11-13)22-9-10-30-16)29(27-19)18-7-6-17-25-23-12-28(17)26-18/h1-3,6-8,12-13,15-16,22H,4-5,9-11H2/t13-,15+,16+/m0/s1. The normalized spacial score (nSPS) is 24.1. The van der Waals surface area contributed by atoms with Crippen molar-refractivity contribution in [2.75, 3.05) is 13.2 Å². The average molecular weight is 403 g/mol. The summed E-state index contributed by atoms with van der Waals surface area (Å²) in [6.07, 6.45) is 6.59. The van der Waals surface area contributed by atoms with E-state index in [1.54, 1.807) is 17.0 Å². The van der Waals surface area contributed by atoms with Crippen LogP contribution in [-0.2, 0) is 4.74 Å². The van der Waals surface area contributed by atoms with Gasteiger partial charge in [-0.25, -0.2) is 4.98 Å². The zero-order valence-corrected chi connectivity index (χ0v) is 16.3. The Kier molecular flexibility index (Phi) is 4.24. The smallest absolute Gasteiger partial charge is 0.200 e. The highest BCUT2D eigenvalue weighted by molar-refractivity contribution is 5.49. The Balaban J connectivity index is 1.43. The van der Waals surface area contributed by atoms with Crippen LogP contribution in [0.5, 0.6) is 0 Å². The van der Waals surface area contributed by atoms with Crippen molar-refractivity contribution in [1.29, 1.82) is 0 Å². The van der Waals surface area contributed by atoms with Crippen LogP contribution in [0.1, 0.15) is 31.0 Å².